The number of methoxy groups -OCH3 is 1. The van der Waals surface area contributed by atoms with Crippen LogP contribution in [-0.2, 0) is 23.3 Å². The van der Waals surface area contributed by atoms with Gasteiger partial charge in [0.05, 0.1) is 13.7 Å². The molecule has 0 bridgehead atoms. The fourth-order valence-corrected chi connectivity index (χ4v) is 4.49. The highest BCUT2D eigenvalue weighted by atomic mass is 16.5. The average molecular weight is 434 g/mol. The van der Waals surface area contributed by atoms with Gasteiger partial charge in [0, 0.05) is 41.6 Å². The number of carbonyl (C=O) groups is 3. The number of hydrogen-bond acceptors (Lipinski definition) is 6. The molecule has 0 radical (unpaired) electrons. The van der Waals surface area contributed by atoms with Crippen molar-refractivity contribution in [3.8, 4) is 5.75 Å². The standard InChI is InChI=1S/C23H22N4O5/c1-12-6-15-8-19(32-18(15)7-13(2)24-12)23(21(29)25-22(30)26-23)11-27-10-14-4-5-16(31-3)9-17(14)20(27)28/h4-5,7-9H,6,10-11H2,1-3H3,(H2,25,26,29,30)/t23-/m0/s1. The van der Waals surface area contributed by atoms with Crippen molar-refractivity contribution in [2.24, 2.45) is 4.99 Å². The maximum absolute atomic E-state index is 13.1. The zero-order valence-electron chi connectivity index (χ0n) is 17.9. The number of nitrogens with one attached hydrogen (secondary N) is 2. The second-order valence-electron chi connectivity index (χ2n) is 8.31. The normalized spacial score (nSPS) is 22.0. The molecule has 0 spiro atoms. The van der Waals surface area contributed by atoms with Crippen LogP contribution in [0.4, 0.5) is 4.79 Å². The highest BCUT2D eigenvalue weighted by molar-refractivity contribution is 6.08. The minimum Gasteiger partial charge on any atom is -0.497 e. The van der Waals surface area contributed by atoms with Crippen LogP contribution >= 0.6 is 0 Å². The Morgan fingerprint density at radius 3 is 2.72 bits per heavy atom. The van der Waals surface area contributed by atoms with Gasteiger partial charge in [0.15, 0.2) is 5.54 Å². The van der Waals surface area contributed by atoms with E-state index in [1.54, 1.807) is 24.3 Å². The van der Waals surface area contributed by atoms with Crippen molar-refractivity contribution >= 4 is 29.6 Å². The van der Waals surface area contributed by atoms with Crippen molar-refractivity contribution in [3.63, 3.8) is 0 Å². The van der Waals surface area contributed by atoms with E-state index in [0.717, 1.165) is 22.5 Å². The molecule has 0 unspecified atom stereocenters. The number of urea groups is 1. The number of allylic oxidation sites excluding steroid dienone is 1. The average Bonchev–Trinajstić information content (AvgIpc) is 3.33. The Kier molecular flexibility index (Phi) is 4.44. The number of benzene rings is 1. The summed E-state index contributed by atoms with van der Waals surface area (Å²) in [6.45, 7) is 4.04. The molecule has 1 aromatic heterocycles. The van der Waals surface area contributed by atoms with Gasteiger partial charge in [-0.1, -0.05) is 6.07 Å². The first-order valence-corrected chi connectivity index (χ1v) is 10.2. The van der Waals surface area contributed by atoms with E-state index in [4.69, 9.17) is 9.15 Å². The van der Waals surface area contributed by atoms with E-state index in [1.807, 2.05) is 19.9 Å². The molecule has 1 fully saturated rings. The van der Waals surface area contributed by atoms with Gasteiger partial charge in [0.25, 0.3) is 11.8 Å². The molecule has 4 heterocycles. The first kappa shape index (κ1) is 20.0. The van der Waals surface area contributed by atoms with Gasteiger partial charge in [-0.05, 0) is 37.6 Å². The number of nitrogens with zero attached hydrogens (tertiary/aromatic N) is 2. The summed E-state index contributed by atoms with van der Waals surface area (Å²) >= 11 is 0. The van der Waals surface area contributed by atoms with Crippen LogP contribution in [0.3, 0.4) is 0 Å². The quantitative estimate of drug-likeness (QED) is 0.718. The molecule has 3 aliphatic heterocycles. The summed E-state index contributed by atoms with van der Waals surface area (Å²) < 4.78 is 11.3. The molecule has 0 aliphatic carbocycles. The number of fused-ring (bicyclic) bond motifs is 2. The van der Waals surface area contributed by atoms with E-state index in [-0.39, 0.29) is 18.2 Å². The monoisotopic (exact) mass is 434 g/mol. The first-order valence-electron chi connectivity index (χ1n) is 10.2. The van der Waals surface area contributed by atoms with Gasteiger partial charge in [0.2, 0.25) is 0 Å². The number of hydrogen-bond donors (Lipinski definition) is 2. The predicted octanol–water partition coefficient (Wildman–Crippen LogP) is 2.36. The summed E-state index contributed by atoms with van der Waals surface area (Å²) in [6, 6.07) is 6.44. The molecule has 1 atom stereocenters. The zero-order chi connectivity index (χ0) is 22.6. The van der Waals surface area contributed by atoms with Gasteiger partial charge in [-0.15, -0.1) is 0 Å². The Bertz CT molecular complexity index is 1240. The lowest BCUT2D eigenvalue weighted by molar-refractivity contribution is -0.125. The molecule has 1 saturated heterocycles. The number of amides is 4. The molecule has 5 rings (SSSR count). The minimum absolute atomic E-state index is 0.0669. The highest BCUT2D eigenvalue weighted by Gasteiger charge is 2.53. The minimum atomic E-state index is -1.53. The molecule has 0 saturated carbocycles. The number of aliphatic imine (C=N–C) groups is 1. The van der Waals surface area contributed by atoms with Crippen LogP contribution in [0.2, 0.25) is 0 Å². The molecule has 32 heavy (non-hydrogen) atoms. The van der Waals surface area contributed by atoms with Crippen molar-refractivity contribution < 1.29 is 23.5 Å². The maximum atomic E-state index is 13.1. The second kappa shape index (κ2) is 7.08. The van der Waals surface area contributed by atoms with E-state index >= 15 is 0 Å². The van der Waals surface area contributed by atoms with Crippen molar-refractivity contribution in [1.82, 2.24) is 15.5 Å². The summed E-state index contributed by atoms with van der Waals surface area (Å²) in [5, 5.41) is 5.01. The molecule has 2 N–H and O–H groups in total. The Labute approximate surface area is 184 Å². The first-order chi connectivity index (χ1) is 15.3. The summed E-state index contributed by atoms with van der Waals surface area (Å²) in [5.41, 5.74) is 2.39. The molecule has 3 aliphatic rings. The molecule has 4 amide bonds. The van der Waals surface area contributed by atoms with E-state index in [1.165, 1.54) is 12.0 Å². The molecule has 2 aromatic rings. The van der Waals surface area contributed by atoms with E-state index in [0.29, 0.717) is 30.0 Å². The molecule has 9 heteroatoms. The van der Waals surface area contributed by atoms with Gasteiger partial charge in [-0.3, -0.25) is 19.9 Å². The van der Waals surface area contributed by atoms with Crippen LogP contribution in [0.5, 0.6) is 5.75 Å². The lowest BCUT2D eigenvalue weighted by atomic mass is 9.94. The Hall–Kier alpha value is -3.88. The Morgan fingerprint density at radius 2 is 2.00 bits per heavy atom. The number of furan rings is 1. The predicted molar refractivity (Wildman–Crippen MR) is 115 cm³/mol. The maximum Gasteiger partial charge on any atom is 0.322 e. The molecule has 1 aromatic carbocycles. The van der Waals surface area contributed by atoms with Crippen LogP contribution in [0.1, 0.15) is 46.9 Å². The highest BCUT2D eigenvalue weighted by Crippen LogP contribution is 2.35. The fraction of sp³-hybridized carbons (Fsp3) is 0.304. The van der Waals surface area contributed by atoms with Crippen LogP contribution in [0, 0.1) is 0 Å². The third kappa shape index (κ3) is 3.08. The summed E-state index contributed by atoms with van der Waals surface area (Å²) in [6.07, 6.45) is 2.37. The molecular formula is C23H22N4O5. The molecular weight excluding hydrogens is 412 g/mol. The van der Waals surface area contributed by atoms with Gasteiger partial charge in [0.1, 0.15) is 17.3 Å². The van der Waals surface area contributed by atoms with E-state index in [2.05, 4.69) is 15.6 Å². The van der Waals surface area contributed by atoms with Crippen molar-refractivity contribution in [1.29, 1.82) is 0 Å². The van der Waals surface area contributed by atoms with Crippen molar-refractivity contribution in [3.05, 3.63) is 58.2 Å². The second-order valence-corrected chi connectivity index (χ2v) is 8.31. The largest absolute Gasteiger partial charge is 0.497 e. The number of rotatable bonds is 4. The lowest BCUT2D eigenvalue weighted by Gasteiger charge is -2.29. The summed E-state index contributed by atoms with van der Waals surface area (Å²) in [4.78, 5) is 44.3. The Morgan fingerprint density at radius 1 is 1.19 bits per heavy atom. The number of ether oxygens (including phenoxy) is 1. The lowest BCUT2D eigenvalue weighted by Crippen LogP contribution is -2.52. The van der Waals surface area contributed by atoms with Crippen molar-refractivity contribution in [2.75, 3.05) is 13.7 Å². The van der Waals surface area contributed by atoms with E-state index in [9.17, 15) is 14.4 Å². The van der Waals surface area contributed by atoms with Gasteiger partial charge in [-0.25, -0.2) is 4.79 Å². The van der Waals surface area contributed by atoms with Crippen LogP contribution in [0.25, 0.3) is 6.08 Å². The van der Waals surface area contributed by atoms with Gasteiger partial charge < -0.3 is 19.4 Å². The van der Waals surface area contributed by atoms with Crippen LogP contribution in [0.15, 0.2) is 39.4 Å². The van der Waals surface area contributed by atoms with Crippen LogP contribution in [-0.4, -0.2) is 42.1 Å². The number of imide groups is 1. The third-order valence-corrected chi connectivity index (χ3v) is 5.98. The van der Waals surface area contributed by atoms with Gasteiger partial charge in [-0.2, -0.15) is 0 Å². The number of carbonyl (C=O) groups excluding carboxylic acids is 3. The molecule has 9 nitrogen and oxygen atoms in total. The van der Waals surface area contributed by atoms with Gasteiger partial charge >= 0.3 is 6.03 Å². The SMILES string of the molecule is COc1ccc2c(c1)C(=O)N(C[C@@]1(c3cc4c(o3)C=C(C)N=C(C)C4)NC(=O)NC1=O)C2. The fourth-order valence-electron chi connectivity index (χ4n) is 4.49. The smallest absolute Gasteiger partial charge is 0.322 e. The molecule has 164 valence electrons. The van der Waals surface area contributed by atoms with Crippen LogP contribution < -0.4 is 15.4 Å². The van der Waals surface area contributed by atoms with Crippen molar-refractivity contribution in [2.45, 2.75) is 32.4 Å². The summed E-state index contributed by atoms with van der Waals surface area (Å²) in [5.74, 6) is 0.658. The third-order valence-electron chi connectivity index (χ3n) is 5.98. The Balaban J connectivity index is 1.53. The zero-order valence-corrected chi connectivity index (χ0v) is 17.9. The summed E-state index contributed by atoms with van der Waals surface area (Å²) in [7, 11) is 1.54. The van der Waals surface area contributed by atoms with E-state index < -0.39 is 17.5 Å². The topological polar surface area (TPSA) is 113 Å².